The van der Waals surface area contributed by atoms with Gasteiger partial charge < -0.3 is 11.1 Å². The molecule has 1 heterocycles. The van der Waals surface area contributed by atoms with Gasteiger partial charge in [0.25, 0.3) is 0 Å². The van der Waals surface area contributed by atoms with Crippen LogP contribution in [-0.4, -0.2) is 20.8 Å². The van der Waals surface area contributed by atoms with Crippen LogP contribution in [0.2, 0.25) is 0 Å². The molecule has 1 fully saturated rings. The summed E-state index contributed by atoms with van der Waals surface area (Å²) >= 11 is 5.09. The van der Waals surface area contributed by atoms with Gasteiger partial charge in [0.2, 0.25) is 0 Å². The SMILES string of the molecule is CCCC1CC1Nc1c(C(N)=S)c(C)nn1C. The number of rotatable bonds is 5. The fourth-order valence-electron chi connectivity index (χ4n) is 2.41. The number of hydrogen-bond acceptors (Lipinski definition) is 3. The summed E-state index contributed by atoms with van der Waals surface area (Å²) < 4.78 is 1.84. The van der Waals surface area contributed by atoms with E-state index in [1.165, 1.54) is 19.3 Å². The first kappa shape index (κ1) is 12.4. The molecular weight excluding hydrogens is 232 g/mol. The molecule has 2 unspecified atom stereocenters. The molecule has 2 atom stereocenters. The maximum Gasteiger partial charge on any atom is 0.134 e. The monoisotopic (exact) mass is 252 g/mol. The lowest BCUT2D eigenvalue weighted by atomic mass is 10.2. The number of aromatic nitrogens is 2. The Morgan fingerprint density at radius 3 is 2.94 bits per heavy atom. The molecule has 2 rings (SSSR count). The number of nitrogens with zero attached hydrogens (tertiary/aromatic N) is 2. The highest BCUT2D eigenvalue weighted by molar-refractivity contribution is 7.80. The van der Waals surface area contributed by atoms with Gasteiger partial charge in [0, 0.05) is 13.1 Å². The Kier molecular flexibility index (Phi) is 3.38. The first-order valence-corrected chi connectivity index (χ1v) is 6.55. The average molecular weight is 252 g/mol. The van der Waals surface area contributed by atoms with Crippen molar-refractivity contribution in [2.75, 3.05) is 5.32 Å². The van der Waals surface area contributed by atoms with Gasteiger partial charge in [-0.2, -0.15) is 5.10 Å². The predicted octanol–water partition coefficient (Wildman–Crippen LogP) is 1.96. The summed E-state index contributed by atoms with van der Waals surface area (Å²) in [6, 6.07) is 0.567. The Bertz CT molecular complexity index is 438. The smallest absolute Gasteiger partial charge is 0.134 e. The van der Waals surface area contributed by atoms with Gasteiger partial charge in [-0.1, -0.05) is 25.6 Å². The van der Waals surface area contributed by atoms with Gasteiger partial charge in [-0.15, -0.1) is 0 Å². The molecule has 4 nitrogen and oxygen atoms in total. The summed E-state index contributed by atoms with van der Waals surface area (Å²) in [6.45, 7) is 4.17. The van der Waals surface area contributed by atoms with Gasteiger partial charge >= 0.3 is 0 Å². The van der Waals surface area contributed by atoms with Crippen molar-refractivity contribution in [1.29, 1.82) is 0 Å². The van der Waals surface area contributed by atoms with Crippen LogP contribution in [0.5, 0.6) is 0 Å². The Balaban J connectivity index is 2.13. The lowest BCUT2D eigenvalue weighted by Crippen LogP contribution is -2.16. The molecule has 3 N–H and O–H groups in total. The van der Waals surface area contributed by atoms with E-state index >= 15 is 0 Å². The number of anilines is 1. The molecule has 0 amide bonds. The molecule has 1 aromatic heterocycles. The van der Waals surface area contributed by atoms with Gasteiger partial charge in [-0.25, -0.2) is 0 Å². The minimum atomic E-state index is 0.422. The molecule has 0 saturated heterocycles. The van der Waals surface area contributed by atoms with Crippen molar-refractivity contribution in [3.05, 3.63) is 11.3 Å². The molecule has 1 saturated carbocycles. The third kappa shape index (κ3) is 2.44. The summed E-state index contributed by atoms with van der Waals surface area (Å²) in [5.74, 6) is 1.77. The molecule has 1 aliphatic carbocycles. The normalized spacial score (nSPS) is 22.5. The molecule has 17 heavy (non-hydrogen) atoms. The lowest BCUT2D eigenvalue weighted by Gasteiger charge is -2.08. The summed E-state index contributed by atoms with van der Waals surface area (Å²) in [6.07, 6.45) is 3.78. The number of thiocarbonyl (C=S) groups is 1. The zero-order chi connectivity index (χ0) is 12.6. The van der Waals surface area contributed by atoms with Crippen LogP contribution < -0.4 is 11.1 Å². The number of nitrogens with one attached hydrogen (secondary N) is 1. The van der Waals surface area contributed by atoms with Crippen LogP contribution in [0.3, 0.4) is 0 Å². The topological polar surface area (TPSA) is 55.9 Å². The van der Waals surface area contributed by atoms with Crippen molar-refractivity contribution in [1.82, 2.24) is 9.78 Å². The lowest BCUT2D eigenvalue weighted by molar-refractivity contribution is 0.687. The summed E-state index contributed by atoms with van der Waals surface area (Å²) in [5, 5.41) is 7.89. The number of hydrogen-bond donors (Lipinski definition) is 2. The van der Waals surface area contributed by atoms with Crippen molar-refractivity contribution in [2.24, 2.45) is 18.7 Å². The fourth-order valence-corrected chi connectivity index (χ4v) is 2.65. The zero-order valence-electron chi connectivity index (χ0n) is 10.7. The largest absolute Gasteiger partial charge is 0.389 e. The fraction of sp³-hybridized carbons (Fsp3) is 0.667. The van der Waals surface area contributed by atoms with E-state index < -0.39 is 0 Å². The van der Waals surface area contributed by atoms with Gasteiger partial charge in [-0.3, -0.25) is 4.68 Å². The molecule has 0 radical (unpaired) electrons. The maximum atomic E-state index is 5.76. The van der Waals surface area contributed by atoms with Crippen LogP contribution in [0.25, 0.3) is 0 Å². The highest BCUT2D eigenvalue weighted by Crippen LogP contribution is 2.38. The summed E-state index contributed by atoms with van der Waals surface area (Å²) in [5.41, 5.74) is 7.55. The summed E-state index contributed by atoms with van der Waals surface area (Å²) in [7, 11) is 1.92. The van der Waals surface area contributed by atoms with Crippen molar-refractivity contribution in [3.8, 4) is 0 Å². The third-order valence-corrected chi connectivity index (χ3v) is 3.58. The second kappa shape index (κ2) is 4.64. The van der Waals surface area contributed by atoms with E-state index in [0.29, 0.717) is 11.0 Å². The second-order valence-electron chi connectivity index (χ2n) is 4.83. The van der Waals surface area contributed by atoms with Gasteiger partial charge in [0.1, 0.15) is 10.8 Å². The van der Waals surface area contributed by atoms with Crippen LogP contribution in [0, 0.1) is 12.8 Å². The quantitative estimate of drug-likeness (QED) is 0.787. The minimum absolute atomic E-state index is 0.422. The Morgan fingerprint density at radius 2 is 2.35 bits per heavy atom. The van der Waals surface area contributed by atoms with E-state index in [2.05, 4.69) is 17.3 Å². The van der Waals surface area contributed by atoms with E-state index in [4.69, 9.17) is 18.0 Å². The van der Waals surface area contributed by atoms with E-state index in [0.717, 1.165) is 23.0 Å². The molecular formula is C12H20N4S. The molecule has 0 bridgehead atoms. The Hall–Kier alpha value is -1.10. The third-order valence-electron chi connectivity index (χ3n) is 3.37. The maximum absolute atomic E-state index is 5.76. The van der Waals surface area contributed by atoms with Gasteiger partial charge in [-0.05, 0) is 25.7 Å². The van der Waals surface area contributed by atoms with Crippen LogP contribution >= 0.6 is 12.2 Å². The van der Waals surface area contributed by atoms with E-state index in [1.807, 2.05) is 18.7 Å². The van der Waals surface area contributed by atoms with E-state index in [1.54, 1.807) is 0 Å². The number of aryl methyl sites for hydroxylation is 2. The molecule has 5 heteroatoms. The van der Waals surface area contributed by atoms with Crippen molar-refractivity contribution in [2.45, 2.75) is 39.2 Å². The van der Waals surface area contributed by atoms with Gasteiger partial charge in [0.05, 0.1) is 11.3 Å². The zero-order valence-corrected chi connectivity index (χ0v) is 11.5. The van der Waals surface area contributed by atoms with E-state index in [9.17, 15) is 0 Å². The van der Waals surface area contributed by atoms with Crippen molar-refractivity contribution in [3.63, 3.8) is 0 Å². The molecule has 0 aliphatic heterocycles. The highest BCUT2D eigenvalue weighted by Gasteiger charge is 2.37. The van der Waals surface area contributed by atoms with Crippen molar-refractivity contribution < 1.29 is 0 Å². The van der Waals surface area contributed by atoms with Crippen LogP contribution in [-0.2, 0) is 7.05 Å². The average Bonchev–Trinajstić information content (AvgIpc) is 2.88. The highest BCUT2D eigenvalue weighted by atomic mass is 32.1. The minimum Gasteiger partial charge on any atom is -0.389 e. The van der Waals surface area contributed by atoms with Crippen molar-refractivity contribution >= 4 is 23.0 Å². The van der Waals surface area contributed by atoms with Crippen LogP contribution in [0.15, 0.2) is 0 Å². The van der Waals surface area contributed by atoms with E-state index in [-0.39, 0.29) is 0 Å². The first-order valence-electron chi connectivity index (χ1n) is 6.14. The summed E-state index contributed by atoms with van der Waals surface area (Å²) in [4.78, 5) is 0.422. The second-order valence-corrected chi connectivity index (χ2v) is 5.27. The first-order chi connectivity index (χ1) is 8.04. The molecule has 94 valence electrons. The predicted molar refractivity (Wildman–Crippen MR) is 74.3 cm³/mol. The molecule has 0 spiro atoms. The Labute approximate surface area is 108 Å². The molecule has 1 aliphatic rings. The van der Waals surface area contributed by atoms with Crippen LogP contribution in [0.1, 0.15) is 37.4 Å². The molecule has 0 aromatic carbocycles. The Morgan fingerprint density at radius 1 is 1.65 bits per heavy atom. The van der Waals surface area contributed by atoms with Crippen LogP contribution in [0.4, 0.5) is 5.82 Å². The standard InChI is InChI=1S/C12H20N4S/c1-4-5-8-6-9(8)14-12-10(11(13)17)7(2)15-16(12)3/h8-9,14H,4-6H2,1-3H3,(H2,13,17). The number of nitrogens with two attached hydrogens (primary N) is 1. The van der Waals surface area contributed by atoms with Gasteiger partial charge in [0.15, 0.2) is 0 Å². The molecule has 1 aromatic rings.